The summed E-state index contributed by atoms with van der Waals surface area (Å²) in [4.78, 5) is 26.7. The molecule has 0 aliphatic heterocycles. The summed E-state index contributed by atoms with van der Waals surface area (Å²) in [6.45, 7) is 0.389. The number of carbonyl (C=O) groups excluding carboxylic acids is 1. The summed E-state index contributed by atoms with van der Waals surface area (Å²) in [5, 5.41) is 12.3. The van der Waals surface area contributed by atoms with Crippen LogP contribution in [0.4, 0.5) is 0 Å². The third kappa shape index (κ3) is 4.03. The predicted molar refractivity (Wildman–Crippen MR) is 78.7 cm³/mol. The standard InChI is InChI=1S/C15H13ClN2O3/c16-11-3-1-2-10(8-11)4-7-18-14(19)12-5-6-17-9-13(12)15(20)21/h1-3,5-6,8-9H,4,7H2,(H,18,19)(H,20,21). The van der Waals surface area contributed by atoms with Crippen LogP contribution in [0.3, 0.4) is 0 Å². The number of rotatable bonds is 5. The molecule has 0 spiro atoms. The Morgan fingerprint density at radius 2 is 2.05 bits per heavy atom. The molecule has 0 fully saturated rings. The molecule has 0 saturated carbocycles. The number of benzene rings is 1. The lowest BCUT2D eigenvalue weighted by Crippen LogP contribution is -2.27. The molecule has 0 atom stereocenters. The first-order valence-electron chi connectivity index (χ1n) is 6.28. The number of hydrogen-bond acceptors (Lipinski definition) is 3. The summed E-state index contributed by atoms with van der Waals surface area (Å²) in [5.74, 6) is -1.61. The molecule has 0 bridgehead atoms. The van der Waals surface area contributed by atoms with Crippen LogP contribution in [0, 0.1) is 0 Å². The van der Waals surface area contributed by atoms with Gasteiger partial charge in [-0.1, -0.05) is 23.7 Å². The van der Waals surface area contributed by atoms with Crippen LogP contribution in [0.15, 0.2) is 42.7 Å². The van der Waals surface area contributed by atoms with Crippen molar-refractivity contribution < 1.29 is 14.7 Å². The molecule has 5 nitrogen and oxygen atoms in total. The number of carbonyl (C=O) groups is 2. The molecule has 2 aromatic rings. The molecule has 0 unspecified atom stereocenters. The van der Waals surface area contributed by atoms with Gasteiger partial charge in [-0.2, -0.15) is 0 Å². The second kappa shape index (κ2) is 6.85. The van der Waals surface area contributed by atoms with Crippen molar-refractivity contribution in [1.29, 1.82) is 0 Å². The number of pyridine rings is 1. The Morgan fingerprint density at radius 3 is 2.76 bits per heavy atom. The van der Waals surface area contributed by atoms with Crippen molar-refractivity contribution in [2.75, 3.05) is 6.54 Å². The van der Waals surface area contributed by atoms with Gasteiger partial charge in [0.05, 0.1) is 11.1 Å². The van der Waals surface area contributed by atoms with Gasteiger partial charge >= 0.3 is 5.97 Å². The second-order valence-corrected chi connectivity index (χ2v) is 4.80. The number of amides is 1. The highest BCUT2D eigenvalue weighted by Gasteiger charge is 2.15. The molecular formula is C15H13ClN2O3. The summed E-state index contributed by atoms with van der Waals surface area (Å²) in [6, 6.07) is 8.73. The molecule has 1 heterocycles. The van der Waals surface area contributed by atoms with Crippen LogP contribution < -0.4 is 5.32 Å². The van der Waals surface area contributed by atoms with Gasteiger partial charge in [0.1, 0.15) is 0 Å². The van der Waals surface area contributed by atoms with E-state index in [1.807, 2.05) is 18.2 Å². The lowest BCUT2D eigenvalue weighted by molar-refractivity contribution is 0.0690. The Balaban J connectivity index is 1.98. The third-order valence-corrected chi connectivity index (χ3v) is 3.12. The number of carboxylic acid groups (broad SMARTS) is 1. The fourth-order valence-electron chi connectivity index (χ4n) is 1.87. The van der Waals surface area contributed by atoms with Gasteiger partial charge in [0.25, 0.3) is 5.91 Å². The normalized spacial score (nSPS) is 10.1. The van der Waals surface area contributed by atoms with Crippen LogP contribution in [0.25, 0.3) is 0 Å². The van der Waals surface area contributed by atoms with Crippen molar-refractivity contribution in [1.82, 2.24) is 10.3 Å². The smallest absolute Gasteiger partial charge is 0.338 e. The van der Waals surface area contributed by atoms with E-state index < -0.39 is 11.9 Å². The van der Waals surface area contributed by atoms with Gasteiger partial charge in [-0.05, 0) is 30.2 Å². The number of halogens is 1. The van der Waals surface area contributed by atoms with Crippen LogP contribution in [-0.2, 0) is 6.42 Å². The van der Waals surface area contributed by atoms with Crippen LogP contribution in [0.5, 0.6) is 0 Å². The molecule has 1 aromatic heterocycles. The van der Waals surface area contributed by atoms with Gasteiger partial charge in [0.2, 0.25) is 0 Å². The summed E-state index contributed by atoms with van der Waals surface area (Å²) in [7, 11) is 0. The topological polar surface area (TPSA) is 79.3 Å². The molecule has 0 radical (unpaired) electrons. The Bertz CT molecular complexity index is 673. The van der Waals surface area contributed by atoms with E-state index in [2.05, 4.69) is 10.3 Å². The van der Waals surface area contributed by atoms with Crippen molar-refractivity contribution >= 4 is 23.5 Å². The zero-order valence-electron chi connectivity index (χ0n) is 11.0. The quantitative estimate of drug-likeness (QED) is 0.889. The van der Waals surface area contributed by atoms with E-state index >= 15 is 0 Å². The van der Waals surface area contributed by atoms with Crippen LogP contribution in [0.2, 0.25) is 5.02 Å². The van der Waals surface area contributed by atoms with E-state index in [1.54, 1.807) is 6.07 Å². The number of nitrogens with one attached hydrogen (secondary N) is 1. The first kappa shape index (κ1) is 15.0. The predicted octanol–water partition coefficient (Wildman–Crippen LogP) is 2.41. The first-order chi connectivity index (χ1) is 10.1. The summed E-state index contributed by atoms with van der Waals surface area (Å²) in [5.41, 5.74) is 0.984. The van der Waals surface area contributed by atoms with E-state index in [-0.39, 0.29) is 11.1 Å². The minimum Gasteiger partial charge on any atom is -0.478 e. The fourth-order valence-corrected chi connectivity index (χ4v) is 2.08. The molecule has 2 N–H and O–H groups in total. The number of aromatic carboxylic acids is 1. The molecule has 0 aliphatic carbocycles. The number of nitrogens with zero attached hydrogens (tertiary/aromatic N) is 1. The first-order valence-corrected chi connectivity index (χ1v) is 6.65. The largest absolute Gasteiger partial charge is 0.478 e. The highest BCUT2D eigenvalue weighted by atomic mass is 35.5. The SMILES string of the molecule is O=C(O)c1cnccc1C(=O)NCCc1cccc(Cl)c1. The van der Waals surface area contributed by atoms with E-state index in [0.29, 0.717) is 18.0 Å². The summed E-state index contributed by atoms with van der Waals surface area (Å²) in [6.07, 6.45) is 3.16. The van der Waals surface area contributed by atoms with Crippen LogP contribution in [0.1, 0.15) is 26.3 Å². The zero-order chi connectivity index (χ0) is 15.2. The van der Waals surface area contributed by atoms with E-state index in [9.17, 15) is 9.59 Å². The Labute approximate surface area is 126 Å². The summed E-state index contributed by atoms with van der Waals surface area (Å²) < 4.78 is 0. The van der Waals surface area contributed by atoms with Gasteiger partial charge in [0, 0.05) is 24.0 Å². The van der Waals surface area contributed by atoms with Gasteiger partial charge in [0.15, 0.2) is 0 Å². The average Bonchev–Trinajstić information content (AvgIpc) is 2.47. The molecule has 0 saturated heterocycles. The van der Waals surface area contributed by atoms with Gasteiger partial charge < -0.3 is 10.4 Å². The molecule has 6 heteroatoms. The van der Waals surface area contributed by atoms with Crippen LogP contribution in [-0.4, -0.2) is 28.5 Å². The van der Waals surface area contributed by atoms with Crippen molar-refractivity contribution in [3.05, 3.63) is 64.4 Å². The lowest BCUT2D eigenvalue weighted by atomic mass is 10.1. The van der Waals surface area contributed by atoms with Crippen LogP contribution >= 0.6 is 11.6 Å². The average molecular weight is 305 g/mol. The van der Waals surface area contributed by atoms with Gasteiger partial charge in [-0.3, -0.25) is 9.78 Å². The highest BCUT2D eigenvalue weighted by Crippen LogP contribution is 2.11. The molecule has 1 aromatic carbocycles. The summed E-state index contributed by atoms with van der Waals surface area (Å²) >= 11 is 5.88. The van der Waals surface area contributed by atoms with E-state index in [1.165, 1.54) is 12.3 Å². The van der Waals surface area contributed by atoms with Crippen molar-refractivity contribution in [2.45, 2.75) is 6.42 Å². The van der Waals surface area contributed by atoms with Crippen molar-refractivity contribution in [2.24, 2.45) is 0 Å². The number of aromatic nitrogens is 1. The minimum absolute atomic E-state index is 0.101. The maximum Gasteiger partial charge on any atom is 0.338 e. The van der Waals surface area contributed by atoms with E-state index in [4.69, 9.17) is 16.7 Å². The maximum atomic E-state index is 12.0. The maximum absolute atomic E-state index is 12.0. The van der Waals surface area contributed by atoms with E-state index in [0.717, 1.165) is 11.8 Å². The van der Waals surface area contributed by atoms with Gasteiger partial charge in [-0.25, -0.2) is 4.79 Å². The highest BCUT2D eigenvalue weighted by molar-refractivity contribution is 6.30. The third-order valence-electron chi connectivity index (χ3n) is 2.88. The lowest BCUT2D eigenvalue weighted by Gasteiger charge is -2.07. The molecule has 2 rings (SSSR count). The van der Waals surface area contributed by atoms with Crippen molar-refractivity contribution in [3.63, 3.8) is 0 Å². The molecule has 21 heavy (non-hydrogen) atoms. The second-order valence-electron chi connectivity index (χ2n) is 4.36. The Hall–Kier alpha value is -2.40. The Morgan fingerprint density at radius 1 is 1.24 bits per heavy atom. The fraction of sp³-hybridized carbons (Fsp3) is 0.133. The monoisotopic (exact) mass is 304 g/mol. The molecule has 1 amide bonds. The minimum atomic E-state index is -1.18. The molecular weight excluding hydrogens is 292 g/mol. The molecule has 0 aliphatic rings. The number of hydrogen-bond donors (Lipinski definition) is 2. The molecule has 108 valence electrons. The Kier molecular flexibility index (Phi) is 4.90. The van der Waals surface area contributed by atoms with Crippen molar-refractivity contribution in [3.8, 4) is 0 Å². The van der Waals surface area contributed by atoms with Gasteiger partial charge in [-0.15, -0.1) is 0 Å². The number of carboxylic acids is 1. The zero-order valence-corrected chi connectivity index (χ0v) is 11.8.